The van der Waals surface area contributed by atoms with Crippen LogP contribution in [-0.2, 0) is 0 Å². The van der Waals surface area contributed by atoms with Gasteiger partial charge < -0.3 is 14.8 Å². The summed E-state index contributed by atoms with van der Waals surface area (Å²) in [6.07, 6.45) is 0. The molecule has 0 radical (unpaired) electrons. The second-order valence-corrected chi connectivity index (χ2v) is 4.34. The van der Waals surface area contributed by atoms with E-state index in [2.05, 4.69) is 18.3 Å². The van der Waals surface area contributed by atoms with Crippen molar-refractivity contribution >= 4 is 5.69 Å². The van der Waals surface area contributed by atoms with Gasteiger partial charge >= 0.3 is 0 Å². The van der Waals surface area contributed by atoms with E-state index in [1.54, 1.807) is 14.2 Å². The highest BCUT2D eigenvalue weighted by Crippen LogP contribution is 2.27. The van der Waals surface area contributed by atoms with Gasteiger partial charge in [0.25, 0.3) is 0 Å². The first-order chi connectivity index (χ1) is 9.24. The third kappa shape index (κ3) is 3.19. The first-order valence-corrected chi connectivity index (χ1v) is 6.28. The summed E-state index contributed by atoms with van der Waals surface area (Å²) < 4.78 is 10.5. The summed E-state index contributed by atoms with van der Waals surface area (Å²) >= 11 is 0. The molecule has 0 saturated carbocycles. The van der Waals surface area contributed by atoms with Gasteiger partial charge in [-0.25, -0.2) is 0 Å². The molecule has 0 amide bonds. The molecule has 3 nitrogen and oxygen atoms in total. The zero-order valence-electron chi connectivity index (χ0n) is 11.5. The molecule has 0 aliphatic heterocycles. The van der Waals surface area contributed by atoms with Crippen molar-refractivity contribution in [2.75, 3.05) is 19.5 Å². The molecule has 0 aliphatic rings. The van der Waals surface area contributed by atoms with Gasteiger partial charge in [-0.15, -0.1) is 0 Å². The van der Waals surface area contributed by atoms with Crippen LogP contribution in [0.1, 0.15) is 18.5 Å². The van der Waals surface area contributed by atoms with E-state index in [9.17, 15) is 0 Å². The predicted octanol–water partition coefficient (Wildman–Crippen LogP) is 3.88. The summed E-state index contributed by atoms with van der Waals surface area (Å²) in [5.41, 5.74) is 2.19. The minimum Gasteiger partial charge on any atom is -0.497 e. The maximum Gasteiger partial charge on any atom is 0.124 e. The Balaban J connectivity index is 2.13. The molecule has 2 aromatic rings. The molecule has 0 saturated heterocycles. The first-order valence-electron chi connectivity index (χ1n) is 6.28. The van der Waals surface area contributed by atoms with Gasteiger partial charge in [0.1, 0.15) is 11.5 Å². The van der Waals surface area contributed by atoms with Gasteiger partial charge in [0.2, 0.25) is 0 Å². The summed E-state index contributed by atoms with van der Waals surface area (Å²) in [6, 6.07) is 16.1. The van der Waals surface area contributed by atoms with Gasteiger partial charge in [0.05, 0.1) is 20.3 Å². The van der Waals surface area contributed by atoms with Crippen molar-refractivity contribution in [1.29, 1.82) is 0 Å². The topological polar surface area (TPSA) is 30.5 Å². The normalized spacial score (nSPS) is 11.7. The number of ether oxygens (including phenoxy) is 2. The number of hydrogen-bond donors (Lipinski definition) is 1. The van der Waals surface area contributed by atoms with Crippen LogP contribution in [0.2, 0.25) is 0 Å². The average Bonchev–Trinajstić information content (AvgIpc) is 2.48. The summed E-state index contributed by atoms with van der Waals surface area (Å²) in [4.78, 5) is 0. The Morgan fingerprint density at radius 3 is 2.21 bits per heavy atom. The van der Waals surface area contributed by atoms with Crippen LogP contribution in [0.3, 0.4) is 0 Å². The highest BCUT2D eigenvalue weighted by Gasteiger charge is 2.10. The Hall–Kier alpha value is -2.16. The van der Waals surface area contributed by atoms with Crippen molar-refractivity contribution < 1.29 is 9.47 Å². The molecule has 0 unspecified atom stereocenters. The lowest BCUT2D eigenvalue weighted by Crippen LogP contribution is -2.08. The fraction of sp³-hybridized carbons (Fsp3) is 0.250. The minimum atomic E-state index is 0.171. The molecule has 0 aliphatic carbocycles. The number of nitrogens with one attached hydrogen (secondary N) is 1. The maximum absolute atomic E-state index is 5.38. The quantitative estimate of drug-likeness (QED) is 0.881. The number of methoxy groups -OCH3 is 2. The molecule has 0 spiro atoms. The molecule has 2 rings (SSSR count). The monoisotopic (exact) mass is 257 g/mol. The molecule has 100 valence electrons. The van der Waals surface area contributed by atoms with Gasteiger partial charge in [-0.1, -0.05) is 18.2 Å². The lowest BCUT2D eigenvalue weighted by atomic mass is 10.1. The van der Waals surface area contributed by atoms with Crippen molar-refractivity contribution in [3.05, 3.63) is 54.1 Å². The molecule has 0 aromatic heterocycles. The Morgan fingerprint density at radius 2 is 1.58 bits per heavy atom. The largest absolute Gasteiger partial charge is 0.497 e. The van der Waals surface area contributed by atoms with Crippen LogP contribution in [-0.4, -0.2) is 14.2 Å². The first kappa shape index (κ1) is 13.3. The Morgan fingerprint density at radius 1 is 0.895 bits per heavy atom. The van der Waals surface area contributed by atoms with Crippen LogP contribution in [0.5, 0.6) is 11.5 Å². The van der Waals surface area contributed by atoms with E-state index in [0.29, 0.717) is 0 Å². The fourth-order valence-corrected chi connectivity index (χ4v) is 2.04. The zero-order valence-corrected chi connectivity index (χ0v) is 11.5. The van der Waals surface area contributed by atoms with Crippen molar-refractivity contribution in [1.82, 2.24) is 0 Å². The van der Waals surface area contributed by atoms with E-state index >= 15 is 0 Å². The van der Waals surface area contributed by atoms with E-state index in [1.807, 2.05) is 42.5 Å². The van der Waals surface area contributed by atoms with E-state index in [0.717, 1.165) is 22.7 Å². The number of anilines is 1. The zero-order chi connectivity index (χ0) is 13.7. The fourth-order valence-electron chi connectivity index (χ4n) is 2.04. The smallest absolute Gasteiger partial charge is 0.124 e. The molecule has 0 heterocycles. The number of rotatable bonds is 5. The second kappa shape index (κ2) is 6.14. The molecule has 0 fully saturated rings. The maximum atomic E-state index is 5.38. The van der Waals surface area contributed by atoms with Crippen molar-refractivity contribution in [3.8, 4) is 11.5 Å². The van der Waals surface area contributed by atoms with Crippen molar-refractivity contribution in [2.45, 2.75) is 13.0 Å². The van der Waals surface area contributed by atoms with Crippen LogP contribution >= 0.6 is 0 Å². The molecule has 1 N–H and O–H groups in total. The highest BCUT2D eigenvalue weighted by atomic mass is 16.5. The third-order valence-electron chi connectivity index (χ3n) is 3.08. The highest BCUT2D eigenvalue weighted by molar-refractivity contribution is 5.49. The minimum absolute atomic E-state index is 0.171. The standard InChI is InChI=1S/C16H19NO2/c1-12(15-6-4-5-7-16(15)19-3)17-13-8-10-14(18-2)11-9-13/h4-12,17H,1-3H3/t12-/m0/s1. The van der Waals surface area contributed by atoms with E-state index < -0.39 is 0 Å². The lowest BCUT2D eigenvalue weighted by Gasteiger charge is -2.18. The van der Waals surface area contributed by atoms with Crippen LogP contribution in [0.25, 0.3) is 0 Å². The predicted molar refractivity (Wildman–Crippen MR) is 78.0 cm³/mol. The molecule has 0 bridgehead atoms. The lowest BCUT2D eigenvalue weighted by molar-refractivity contribution is 0.408. The molecular formula is C16H19NO2. The van der Waals surface area contributed by atoms with Crippen LogP contribution in [0.4, 0.5) is 5.69 Å². The molecule has 2 aromatic carbocycles. The summed E-state index contributed by atoms with van der Waals surface area (Å²) in [6.45, 7) is 2.11. The summed E-state index contributed by atoms with van der Waals surface area (Å²) in [5, 5.41) is 3.45. The van der Waals surface area contributed by atoms with Gasteiger partial charge in [-0.3, -0.25) is 0 Å². The van der Waals surface area contributed by atoms with Crippen LogP contribution in [0, 0.1) is 0 Å². The molecule has 19 heavy (non-hydrogen) atoms. The average molecular weight is 257 g/mol. The van der Waals surface area contributed by atoms with Gasteiger partial charge in [0.15, 0.2) is 0 Å². The molecule has 1 atom stereocenters. The second-order valence-electron chi connectivity index (χ2n) is 4.34. The van der Waals surface area contributed by atoms with Gasteiger partial charge in [-0.2, -0.15) is 0 Å². The SMILES string of the molecule is COc1ccc(N[C@@H](C)c2ccccc2OC)cc1. The third-order valence-corrected chi connectivity index (χ3v) is 3.08. The van der Waals surface area contributed by atoms with Crippen LogP contribution in [0.15, 0.2) is 48.5 Å². The van der Waals surface area contributed by atoms with Crippen molar-refractivity contribution in [3.63, 3.8) is 0 Å². The Labute approximate surface area is 114 Å². The number of benzene rings is 2. The Bertz CT molecular complexity index is 523. The van der Waals surface area contributed by atoms with E-state index in [1.165, 1.54) is 0 Å². The number of hydrogen-bond acceptors (Lipinski definition) is 3. The number of para-hydroxylation sites is 1. The molecule has 3 heteroatoms. The van der Waals surface area contributed by atoms with E-state index in [-0.39, 0.29) is 6.04 Å². The summed E-state index contributed by atoms with van der Waals surface area (Å²) in [7, 11) is 3.36. The van der Waals surface area contributed by atoms with Crippen molar-refractivity contribution in [2.24, 2.45) is 0 Å². The Kier molecular flexibility index (Phi) is 4.29. The summed E-state index contributed by atoms with van der Waals surface area (Å²) in [5.74, 6) is 1.76. The molecular weight excluding hydrogens is 238 g/mol. The van der Waals surface area contributed by atoms with E-state index in [4.69, 9.17) is 9.47 Å². The van der Waals surface area contributed by atoms with Gasteiger partial charge in [0, 0.05) is 11.3 Å². The van der Waals surface area contributed by atoms with Crippen LogP contribution < -0.4 is 14.8 Å². The van der Waals surface area contributed by atoms with Gasteiger partial charge in [-0.05, 0) is 37.3 Å².